The summed E-state index contributed by atoms with van der Waals surface area (Å²) in [5.41, 5.74) is 0. The number of unbranched alkanes of at least 4 members (excludes halogenated alkanes) is 29. The molecule has 476 valence electrons. The number of carbonyl (C=O) groups excluding carboxylic acids is 2. The molecular formula is C79H130O5. The number of hydrogen-bond donors (Lipinski definition) is 1. The lowest BCUT2D eigenvalue weighted by Gasteiger charge is -2.15. The highest BCUT2D eigenvalue weighted by molar-refractivity contribution is 5.70. The molecule has 0 radical (unpaired) electrons. The van der Waals surface area contributed by atoms with Crippen LogP contribution in [0.5, 0.6) is 0 Å². The molecule has 0 aliphatic carbocycles. The van der Waals surface area contributed by atoms with Gasteiger partial charge in [-0.2, -0.15) is 0 Å². The number of esters is 2. The maximum Gasteiger partial charge on any atom is 0.306 e. The van der Waals surface area contributed by atoms with E-state index in [0.717, 1.165) is 122 Å². The van der Waals surface area contributed by atoms with Crippen LogP contribution in [0, 0.1) is 0 Å². The van der Waals surface area contributed by atoms with Gasteiger partial charge >= 0.3 is 11.9 Å². The van der Waals surface area contributed by atoms with E-state index in [2.05, 4.69) is 172 Å². The molecule has 1 unspecified atom stereocenters. The van der Waals surface area contributed by atoms with Gasteiger partial charge in [0, 0.05) is 12.8 Å². The fourth-order valence-corrected chi connectivity index (χ4v) is 9.66. The highest BCUT2D eigenvalue weighted by atomic mass is 16.6. The van der Waals surface area contributed by atoms with Crippen molar-refractivity contribution >= 4 is 11.9 Å². The van der Waals surface area contributed by atoms with Crippen molar-refractivity contribution in [1.82, 2.24) is 0 Å². The molecule has 0 aromatic heterocycles. The Morgan fingerprint density at radius 2 is 0.476 bits per heavy atom. The molecule has 0 rings (SSSR count). The first-order chi connectivity index (χ1) is 41.6. The van der Waals surface area contributed by atoms with Gasteiger partial charge in [0.2, 0.25) is 0 Å². The Morgan fingerprint density at radius 1 is 0.274 bits per heavy atom. The predicted octanol–water partition coefficient (Wildman–Crippen LogP) is 24.6. The zero-order valence-electron chi connectivity index (χ0n) is 54.6. The Kier molecular flexibility index (Phi) is 68.9. The van der Waals surface area contributed by atoms with E-state index in [1.165, 1.54) is 161 Å². The third kappa shape index (κ3) is 70.0. The second kappa shape index (κ2) is 72.8. The summed E-state index contributed by atoms with van der Waals surface area (Å²) in [6.07, 6.45) is 111. The first kappa shape index (κ1) is 79.5. The molecule has 0 amide bonds. The molecule has 0 fully saturated rings. The van der Waals surface area contributed by atoms with E-state index in [1.54, 1.807) is 0 Å². The number of ether oxygens (including phenoxy) is 2. The molecule has 1 N–H and O–H groups in total. The molecule has 1 atom stereocenters. The Balaban J connectivity index is 3.50. The van der Waals surface area contributed by atoms with Crippen molar-refractivity contribution in [2.24, 2.45) is 0 Å². The maximum absolute atomic E-state index is 12.4. The monoisotopic (exact) mass is 1160 g/mol. The highest BCUT2D eigenvalue weighted by Crippen LogP contribution is 2.17. The molecule has 0 aliphatic rings. The van der Waals surface area contributed by atoms with Crippen LogP contribution in [0.2, 0.25) is 0 Å². The Labute approximate surface area is 520 Å². The smallest absolute Gasteiger partial charge is 0.306 e. The first-order valence-corrected chi connectivity index (χ1v) is 35.0. The van der Waals surface area contributed by atoms with Gasteiger partial charge in [-0.3, -0.25) is 9.59 Å². The van der Waals surface area contributed by atoms with Crippen LogP contribution in [0.4, 0.5) is 0 Å². The molecular weight excluding hydrogens is 1030 g/mol. The number of carbonyl (C=O) groups is 2. The van der Waals surface area contributed by atoms with Crippen LogP contribution in [0.15, 0.2) is 158 Å². The largest absolute Gasteiger partial charge is 0.462 e. The highest BCUT2D eigenvalue weighted by Gasteiger charge is 2.16. The second-order valence-electron chi connectivity index (χ2n) is 22.8. The number of aliphatic hydroxyl groups is 1. The van der Waals surface area contributed by atoms with Crippen LogP contribution < -0.4 is 0 Å². The minimum absolute atomic E-state index is 0.0713. The van der Waals surface area contributed by atoms with Crippen LogP contribution in [0.3, 0.4) is 0 Å². The average Bonchev–Trinajstić information content (AvgIpc) is 3.51. The fraction of sp³-hybridized carbons (Fsp3) is 0.646. The van der Waals surface area contributed by atoms with Gasteiger partial charge in [0.1, 0.15) is 6.61 Å². The van der Waals surface area contributed by atoms with Crippen molar-refractivity contribution in [1.29, 1.82) is 0 Å². The van der Waals surface area contributed by atoms with Crippen LogP contribution in [0.25, 0.3) is 0 Å². The molecule has 0 aliphatic heterocycles. The van der Waals surface area contributed by atoms with Crippen LogP contribution in [-0.2, 0) is 19.1 Å². The van der Waals surface area contributed by atoms with Crippen LogP contribution in [0.1, 0.15) is 309 Å². The van der Waals surface area contributed by atoms with Gasteiger partial charge < -0.3 is 14.6 Å². The van der Waals surface area contributed by atoms with E-state index in [0.29, 0.717) is 12.8 Å². The zero-order valence-corrected chi connectivity index (χ0v) is 54.6. The van der Waals surface area contributed by atoms with Crippen molar-refractivity contribution in [2.75, 3.05) is 13.2 Å². The van der Waals surface area contributed by atoms with E-state index in [9.17, 15) is 14.7 Å². The van der Waals surface area contributed by atoms with Gasteiger partial charge in [-0.05, 0) is 122 Å². The van der Waals surface area contributed by atoms with Gasteiger partial charge in [-0.15, -0.1) is 0 Å². The topological polar surface area (TPSA) is 72.8 Å². The molecule has 0 aromatic carbocycles. The van der Waals surface area contributed by atoms with E-state index in [4.69, 9.17) is 9.47 Å². The van der Waals surface area contributed by atoms with E-state index >= 15 is 0 Å². The van der Waals surface area contributed by atoms with Gasteiger partial charge in [0.25, 0.3) is 0 Å². The van der Waals surface area contributed by atoms with Gasteiger partial charge in [0.05, 0.1) is 6.61 Å². The van der Waals surface area contributed by atoms with Crippen molar-refractivity contribution in [3.05, 3.63) is 158 Å². The minimum atomic E-state index is -0.783. The van der Waals surface area contributed by atoms with Crippen molar-refractivity contribution in [2.45, 2.75) is 315 Å². The van der Waals surface area contributed by atoms with Crippen molar-refractivity contribution in [3.63, 3.8) is 0 Å². The molecule has 5 nitrogen and oxygen atoms in total. The normalized spacial score (nSPS) is 13.2. The molecule has 0 aromatic rings. The van der Waals surface area contributed by atoms with Crippen molar-refractivity contribution < 1.29 is 24.2 Å². The number of hydrogen-bond acceptors (Lipinski definition) is 5. The lowest BCUT2D eigenvalue weighted by Crippen LogP contribution is -2.28. The summed E-state index contributed by atoms with van der Waals surface area (Å²) in [5, 5.41) is 9.71. The lowest BCUT2D eigenvalue weighted by atomic mass is 10.0. The molecule has 5 heteroatoms. The number of rotatable bonds is 63. The molecule has 0 saturated heterocycles. The summed E-state index contributed by atoms with van der Waals surface area (Å²) in [4.78, 5) is 24.7. The summed E-state index contributed by atoms with van der Waals surface area (Å²) in [6, 6.07) is 0. The van der Waals surface area contributed by atoms with Gasteiger partial charge in [-0.25, -0.2) is 0 Å². The summed E-state index contributed by atoms with van der Waals surface area (Å²) in [5.74, 6) is -0.589. The van der Waals surface area contributed by atoms with Crippen molar-refractivity contribution in [3.8, 4) is 0 Å². The third-order valence-corrected chi connectivity index (χ3v) is 14.8. The summed E-state index contributed by atoms with van der Waals surface area (Å²) < 4.78 is 10.8. The van der Waals surface area contributed by atoms with E-state index in [-0.39, 0.29) is 25.2 Å². The number of aliphatic hydroxyl groups excluding tert-OH is 1. The Hall–Kier alpha value is -4.48. The van der Waals surface area contributed by atoms with E-state index in [1.807, 2.05) is 0 Å². The van der Waals surface area contributed by atoms with E-state index < -0.39 is 6.10 Å². The summed E-state index contributed by atoms with van der Waals surface area (Å²) in [7, 11) is 0. The third-order valence-electron chi connectivity index (χ3n) is 14.8. The SMILES string of the molecule is CC/C=C\C/C=C\C/C=C\C/C=C\C/C=C\C/C=C\C/C=C\C/C=C\CCCCCCCCCCCCCCCCC(=O)OC(CO)COC(=O)CCCCCCCCCCCCCCCCC/C=C\C/C=C\C/C=C\C/C=C\C/C=C\CC. The summed E-state index contributed by atoms with van der Waals surface area (Å²) >= 11 is 0. The lowest BCUT2D eigenvalue weighted by molar-refractivity contribution is -0.161. The molecule has 0 saturated carbocycles. The predicted molar refractivity (Wildman–Crippen MR) is 370 cm³/mol. The molecule has 0 bridgehead atoms. The average molecular weight is 1160 g/mol. The molecule has 0 heterocycles. The molecule has 0 spiro atoms. The first-order valence-electron chi connectivity index (χ1n) is 35.0. The van der Waals surface area contributed by atoms with Crippen LogP contribution >= 0.6 is 0 Å². The Bertz CT molecular complexity index is 1790. The van der Waals surface area contributed by atoms with Gasteiger partial charge in [0.15, 0.2) is 6.10 Å². The second-order valence-corrected chi connectivity index (χ2v) is 22.8. The zero-order chi connectivity index (χ0) is 60.5. The van der Waals surface area contributed by atoms with Gasteiger partial charge in [-0.1, -0.05) is 332 Å². The molecule has 84 heavy (non-hydrogen) atoms. The maximum atomic E-state index is 12.4. The fourth-order valence-electron chi connectivity index (χ4n) is 9.66. The minimum Gasteiger partial charge on any atom is -0.462 e. The quantitative estimate of drug-likeness (QED) is 0.0373. The standard InChI is InChI=1S/C79H130O5/c1-3-5-7-9-11-13-15-17-19-21-23-25-27-29-31-33-35-36-37-38-39-40-41-42-44-46-48-50-52-54-56-58-60-62-64-66-68-70-72-74-79(82)84-77(75-80)76-83-78(81)73-71-69-67-65-63-61-59-57-55-53-51-49-47-45-43-34-32-30-28-26-24-22-20-18-16-14-12-10-8-6-4-2/h5-8,11-14,17-20,23-26,29-32,35-36,38-39,41-42,77,80H,3-4,9-10,15-16,21-22,27-28,33-34,37,40,43-76H2,1-2H3/b7-5-,8-6-,13-11-,14-12-,19-17-,20-18-,25-23-,26-24-,31-29-,32-30-,36-35-,39-38-,42-41-. The summed E-state index contributed by atoms with van der Waals surface area (Å²) in [6.45, 7) is 3.93. The van der Waals surface area contributed by atoms with Crippen LogP contribution in [-0.4, -0.2) is 36.4 Å². The Morgan fingerprint density at radius 3 is 0.714 bits per heavy atom. The number of allylic oxidation sites excluding steroid dienone is 26.